The van der Waals surface area contributed by atoms with Crippen LogP contribution in [0.4, 0.5) is 5.69 Å². The number of anilines is 1. The minimum Gasteiger partial charge on any atom is -0.364 e. The number of rotatable bonds is 2. The summed E-state index contributed by atoms with van der Waals surface area (Å²) < 4.78 is 0. The van der Waals surface area contributed by atoms with E-state index in [1.165, 1.54) is 50.1 Å². The third kappa shape index (κ3) is 2.12. The zero-order valence-corrected chi connectivity index (χ0v) is 11.5. The van der Waals surface area contributed by atoms with Gasteiger partial charge in [-0.3, -0.25) is 9.88 Å². The lowest BCUT2D eigenvalue weighted by molar-refractivity contribution is 0.194. The molecule has 0 spiro atoms. The predicted octanol–water partition coefficient (Wildman–Crippen LogP) is 2.45. The summed E-state index contributed by atoms with van der Waals surface area (Å²) in [7, 11) is 0. The van der Waals surface area contributed by atoms with Crippen LogP contribution in [0.1, 0.15) is 31.7 Å². The monoisotopic (exact) mass is 245 g/mol. The van der Waals surface area contributed by atoms with Crippen molar-refractivity contribution in [3.63, 3.8) is 0 Å². The van der Waals surface area contributed by atoms with Crippen LogP contribution in [-0.2, 0) is 0 Å². The summed E-state index contributed by atoms with van der Waals surface area (Å²) >= 11 is 0. The number of hydrogen-bond acceptors (Lipinski definition) is 3. The minimum atomic E-state index is 0.656. The normalized spacial score (nSPS) is 28.4. The summed E-state index contributed by atoms with van der Waals surface area (Å²) in [4.78, 5) is 9.64. The molecule has 3 nitrogen and oxygen atoms in total. The summed E-state index contributed by atoms with van der Waals surface area (Å²) in [5.41, 5.74) is 2.57. The van der Waals surface area contributed by atoms with Gasteiger partial charge in [0.2, 0.25) is 0 Å². The molecule has 0 aliphatic carbocycles. The SMILES string of the molecule is CCC1CN2CCCC2CN1c1cncc(C)c1. The maximum absolute atomic E-state index is 4.36. The molecule has 2 atom stereocenters. The molecule has 3 heteroatoms. The van der Waals surface area contributed by atoms with E-state index in [2.05, 4.69) is 34.7 Å². The number of aryl methyl sites for hydroxylation is 1. The van der Waals surface area contributed by atoms with E-state index in [9.17, 15) is 0 Å². The Morgan fingerprint density at radius 3 is 3.00 bits per heavy atom. The maximum Gasteiger partial charge on any atom is 0.0558 e. The van der Waals surface area contributed by atoms with Gasteiger partial charge in [-0.05, 0) is 44.4 Å². The van der Waals surface area contributed by atoms with Crippen LogP contribution >= 0.6 is 0 Å². The molecule has 2 aliphatic rings. The van der Waals surface area contributed by atoms with Gasteiger partial charge in [-0.2, -0.15) is 0 Å². The average molecular weight is 245 g/mol. The summed E-state index contributed by atoms with van der Waals surface area (Å²) in [5.74, 6) is 0. The van der Waals surface area contributed by atoms with Crippen molar-refractivity contribution in [3.8, 4) is 0 Å². The second kappa shape index (κ2) is 4.88. The highest BCUT2D eigenvalue weighted by Crippen LogP contribution is 2.29. The molecule has 2 fully saturated rings. The van der Waals surface area contributed by atoms with Crippen LogP contribution in [0, 0.1) is 6.92 Å². The van der Waals surface area contributed by atoms with E-state index >= 15 is 0 Å². The molecule has 2 aliphatic heterocycles. The molecule has 0 bridgehead atoms. The van der Waals surface area contributed by atoms with Crippen LogP contribution in [0.3, 0.4) is 0 Å². The summed E-state index contributed by atoms with van der Waals surface area (Å²) in [5, 5.41) is 0. The first-order valence-corrected chi connectivity index (χ1v) is 7.20. The first kappa shape index (κ1) is 12.0. The lowest BCUT2D eigenvalue weighted by Crippen LogP contribution is -2.56. The zero-order valence-electron chi connectivity index (χ0n) is 11.5. The fraction of sp³-hybridized carbons (Fsp3) is 0.667. The number of aromatic nitrogens is 1. The van der Waals surface area contributed by atoms with Crippen molar-refractivity contribution in [1.82, 2.24) is 9.88 Å². The van der Waals surface area contributed by atoms with Crippen molar-refractivity contribution in [2.24, 2.45) is 0 Å². The Labute approximate surface area is 110 Å². The third-order valence-electron chi connectivity index (χ3n) is 4.46. The van der Waals surface area contributed by atoms with Crippen LogP contribution in [0.5, 0.6) is 0 Å². The molecule has 0 amide bonds. The van der Waals surface area contributed by atoms with Crippen molar-refractivity contribution < 1.29 is 0 Å². The van der Waals surface area contributed by atoms with Crippen LogP contribution in [0.2, 0.25) is 0 Å². The standard InChI is InChI=1S/C15H23N3/c1-3-13-10-17-6-4-5-14(17)11-18(13)15-7-12(2)8-16-9-15/h7-9,13-14H,3-6,10-11H2,1-2H3. The average Bonchev–Trinajstić information content (AvgIpc) is 2.84. The number of fused-ring (bicyclic) bond motifs is 1. The van der Waals surface area contributed by atoms with Crippen molar-refractivity contribution in [2.75, 3.05) is 24.5 Å². The highest BCUT2D eigenvalue weighted by Gasteiger charge is 2.35. The van der Waals surface area contributed by atoms with Gasteiger partial charge in [-0.25, -0.2) is 0 Å². The summed E-state index contributed by atoms with van der Waals surface area (Å²) in [6, 6.07) is 3.71. The van der Waals surface area contributed by atoms with E-state index in [1.54, 1.807) is 0 Å². The molecule has 2 saturated heterocycles. The Hall–Kier alpha value is -1.09. The van der Waals surface area contributed by atoms with Gasteiger partial charge in [0, 0.05) is 31.4 Å². The fourth-order valence-electron chi connectivity index (χ4n) is 3.45. The maximum atomic E-state index is 4.36. The first-order valence-electron chi connectivity index (χ1n) is 7.20. The smallest absolute Gasteiger partial charge is 0.0558 e. The Balaban J connectivity index is 1.85. The molecule has 3 heterocycles. The van der Waals surface area contributed by atoms with Gasteiger partial charge in [0.25, 0.3) is 0 Å². The van der Waals surface area contributed by atoms with Gasteiger partial charge in [0.15, 0.2) is 0 Å². The van der Waals surface area contributed by atoms with Gasteiger partial charge < -0.3 is 4.90 Å². The molecule has 1 aromatic heterocycles. The van der Waals surface area contributed by atoms with E-state index in [0.29, 0.717) is 6.04 Å². The van der Waals surface area contributed by atoms with Crippen LogP contribution in [-0.4, -0.2) is 41.6 Å². The Kier molecular flexibility index (Phi) is 3.25. The third-order valence-corrected chi connectivity index (χ3v) is 4.46. The topological polar surface area (TPSA) is 19.4 Å². The van der Waals surface area contributed by atoms with Crippen LogP contribution < -0.4 is 4.90 Å². The summed E-state index contributed by atoms with van der Waals surface area (Å²) in [6.07, 6.45) is 7.93. The van der Waals surface area contributed by atoms with Gasteiger partial charge >= 0.3 is 0 Å². The van der Waals surface area contributed by atoms with E-state index in [-0.39, 0.29) is 0 Å². The highest BCUT2D eigenvalue weighted by molar-refractivity contribution is 5.48. The minimum absolute atomic E-state index is 0.656. The van der Waals surface area contributed by atoms with Crippen molar-refractivity contribution >= 4 is 5.69 Å². The quantitative estimate of drug-likeness (QED) is 0.798. The Morgan fingerprint density at radius 2 is 2.22 bits per heavy atom. The van der Waals surface area contributed by atoms with E-state index in [4.69, 9.17) is 0 Å². The summed E-state index contributed by atoms with van der Waals surface area (Å²) in [6.45, 7) is 8.15. The largest absolute Gasteiger partial charge is 0.364 e. The Morgan fingerprint density at radius 1 is 1.33 bits per heavy atom. The molecule has 98 valence electrons. The zero-order chi connectivity index (χ0) is 12.5. The van der Waals surface area contributed by atoms with E-state index < -0.39 is 0 Å². The number of pyridine rings is 1. The molecule has 2 unspecified atom stereocenters. The molecule has 18 heavy (non-hydrogen) atoms. The van der Waals surface area contributed by atoms with Gasteiger partial charge in [0.05, 0.1) is 11.9 Å². The predicted molar refractivity (Wildman–Crippen MR) is 75.0 cm³/mol. The van der Waals surface area contributed by atoms with Gasteiger partial charge in [0.1, 0.15) is 0 Å². The van der Waals surface area contributed by atoms with Gasteiger partial charge in [-0.1, -0.05) is 6.92 Å². The highest BCUT2D eigenvalue weighted by atomic mass is 15.3. The number of piperazine rings is 1. The first-order chi connectivity index (χ1) is 8.78. The van der Waals surface area contributed by atoms with Crippen LogP contribution in [0.25, 0.3) is 0 Å². The molecular weight excluding hydrogens is 222 g/mol. The lowest BCUT2D eigenvalue weighted by Gasteiger charge is -2.44. The van der Waals surface area contributed by atoms with Crippen molar-refractivity contribution in [3.05, 3.63) is 24.0 Å². The molecule has 0 saturated carbocycles. The molecule has 1 aromatic rings. The van der Waals surface area contributed by atoms with E-state index in [1.807, 2.05) is 12.4 Å². The van der Waals surface area contributed by atoms with Crippen molar-refractivity contribution in [1.29, 1.82) is 0 Å². The second-order valence-corrected chi connectivity index (χ2v) is 5.73. The van der Waals surface area contributed by atoms with Crippen LogP contribution in [0.15, 0.2) is 18.5 Å². The molecule has 0 radical (unpaired) electrons. The molecule has 0 N–H and O–H groups in total. The number of nitrogens with zero attached hydrogens (tertiary/aromatic N) is 3. The van der Waals surface area contributed by atoms with Crippen molar-refractivity contribution in [2.45, 2.75) is 45.2 Å². The van der Waals surface area contributed by atoms with Gasteiger partial charge in [-0.15, -0.1) is 0 Å². The lowest BCUT2D eigenvalue weighted by atomic mass is 10.0. The Bertz CT molecular complexity index is 418. The van der Waals surface area contributed by atoms with E-state index in [0.717, 1.165) is 6.04 Å². The molecular formula is C15H23N3. The fourth-order valence-corrected chi connectivity index (χ4v) is 3.45. The molecule has 3 rings (SSSR count). The molecule has 0 aromatic carbocycles. The number of hydrogen-bond donors (Lipinski definition) is 0. The second-order valence-electron chi connectivity index (χ2n) is 5.73.